The van der Waals surface area contributed by atoms with Crippen LogP contribution in [0.4, 0.5) is 0 Å². The zero-order chi connectivity index (χ0) is 10.0. The molecule has 2 N–H and O–H groups in total. The standard InChI is InChI=1S/C8H8O6/c9-3-4-1(7(10)11)2-5(13-4)6(3)14-8(2)12/h1-6,9H,(H,10,11)/t1-,2+,3+,4+,5-,6-/m0/s1. The number of aliphatic hydroxyl groups excluding tert-OH is 1. The normalized spacial score (nSPS) is 53.6. The summed E-state index contributed by atoms with van der Waals surface area (Å²) >= 11 is 0. The summed E-state index contributed by atoms with van der Waals surface area (Å²) in [7, 11) is 0. The molecular formula is C8H8O6. The lowest BCUT2D eigenvalue weighted by atomic mass is 9.79. The van der Waals surface area contributed by atoms with Crippen LogP contribution in [0.3, 0.4) is 0 Å². The highest BCUT2D eigenvalue weighted by Gasteiger charge is 2.70. The van der Waals surface area contributed by atoms with Crippen molar-refractivity contribution in [3.05, 3.63) is 0 Å². The van der Waals surface area contributed by atoms with Gasteiger partial charge in [0.05, 0.1) is 0 Å². The maximum Gasteiger partial charge on any atom is 0.313 e. The molecule has 6 nitrogen and oxygen atoms in total. The predicted molar refractivity (Wildman–Crippen MR) is 39.2 cm³/mol. The van der Waals surface area contributed by atoms with Gasteiger partial charge in [0, 0.05) is 0 Å². The molecule has 3 saturated heterocycles. The van der Waals surface area contributed by atoms with Gasteiger partial charge < -0.3 is 19.7 Å². The van der Waals surface area contributed by atoms with Gasteiger partial charge in [-0.15, -0.1) is 0 Å². The average Bonchev–Trinajstić information content (AvgIpc) is 2.67. The van der Waals surface area contributed by atoms with Crippen molar-refractivity contribution in [1.29, 1.82) is 0 Å². The zero-order valence-electron chi connectivity index (χ0n) is 6.99. The summed E-state index contributed by atoms with van der Waals surface area (Å²) in [5.74, 6) is -3.36. The lowest BCUT2D eigenvalue weighted by Gasteiger charge is -2.21. The molecule has 0 unspecified atom stereocenters. The number of hydrogen-bond acceptors (Lipinski definition) is 5. The number of carbonyl (C=O) groups excluding carboxylic acids is 1. The van der Waals surface area contributed by atoms with Crippen molar-refractivity contribution in [2.24, 2.45) is 11.8 Å². The van der Waals surface area contributed by atoms with E-state index in [1.807, 2.05) is 0 Å². The fourth-order valence-corrected chi connectivity index (χ4v) is 2.64. The van der Waals surface area contributed by atoms with E-state index in [0.717, 1.165) is 0 Å². The van der Waals surface area contributed by atoms with Crippen LogP contribution >= 0.6 is 0 Å². The van der Waals surface area contributed by atoms with Gasteiger partial charge in [-0.3, -0.25) is 9.59 Å². The lowest BCUT2D eigenvalue weighted by Crippen LogP contribution is -2.45. The van der Waals surface area contributed by atoms with E-state index in [-0.39, 0.29) is 0 Å². The van der Waals surface area contributed by atoms with Crippen molar-refractivity contribution >= 4 is 11.9 Å². The molecular weight excluding hydrogens is 192 g/mol. The molecule has 0 aromatic heterocycles. The molecule has 6 heteroatoms. The van der Waals surface area contributed by atoms with E-state index in [1.165, 1.54) is 0 Å². The first-order valence-corrected chi connectivity index (χ1v) is 4.38. The number of carboxylic acids is 1. The average molecular weight is 200 g/mol. The second-order valence-electron chi connectivity index (χ2n) is 3.85. The van der Waals surface area contributed by atoms with E-state index in [9.17, 15) is 14.7 Å². The minimum absolute atomic E-state index is 0.563. The molecule has 0 spiro atoms. The highest BCUT2D eigenvalue weighted by molar-refractivity contribution is 5.85. The molecule has 3 heterocycles. The molecule has 14 heavy (non-hydrogen) atoms. The molecule has 0 aromatic rings. The molecule has 6 atom stereocenters. The molecule has 0 amide bonds. The maximum absolute atomic E-state index is 11.3. The largest absolute Gasteiger partial charge is 0.481 e. The van der Waals surface area contributed by atoms with E-state index in [0.29, 0.717) is 0 Å². The van der Waals surface area contributed by atoms with Crippen LogP contribution in [0, 0.1) is 11.8 Å². The van der Waals surface area contributed by atoms with E-state index >= 15 is 0 Å². The quantitative estimate of drug-likeness (QED) is 0.494. The van der Waals surface area contributed by atoms with Crippen molar-refractivity contribution in [3.63, 3.8) is 0 Å². The third kappa shape index (κ3) is 0.699. The van der Waals surface area contributed by atoms with Gasteiger partial charge in [0.25, 0.3) is 0 Å². The number of rotatable bonds is 1. The first-order valence-electron chi connectivity index (χ1n) is 4.38. The van der Waals surface area contributed by atoms with Crippen LogP contribution in [0.25, 0.3) is 0 Å². The number of aliphatic carboxylic acids is 1. The number of hydrogen-bond donors (Lipinski definition) is 2. The molecule has 3 rings (SSSR count). The number of aliphatic hydroxyl groups is 1. The third-order valence-electron chi connectivity index (χ3n) is 3.22. The molecule has 76 valence electrons. The summed E-state index contributed by atoms with van der Waals surface area (Å²) in [4.78, 5) is 22.1. The van der Waals surface area contributed by atoms with Crippen LogP contribution in [0.1, 0.15) is 0 Å². The summed E-state index contributed by atoms with van der Waals surface area (Å²) < 4.78 is 10.1. The van der Waals surface area contributed by atoms with E-state index in [4.69, 9.17) is 14.6 Å². The molecule has 3 fully saturated rings. The Balaban J connectivity index is 2.04. The van der Waals surface area contributed by atoms with Gasteiger partial charge in [0.15, 0.2) is 6.10 Å². The smallest absolute Gasteiger partial charge is 0.313 e. The van der Waals surface area contributed by atoms with Gasteiger partial charge in [-0.25, -0.2) is 0 Å². The number of fused-ring (bicyclic) bond motifs is 1. The van der Waals surface area contributed by atoms with Crippen LogP contribution in [0.5, 0.6) is 0 Å². The van der Waals surface area contributed by atoms with Gasteiger partial charge in [0.2, 0.25) is 0 Å². The van der Waals surface area contributed by atoms with Crippen LogP contribution in [0.2, 0.25) is 0 Å². The van der Waals surface area contributed by atoms with Crippen molar-refractivity contribution in [2.45, 2.75) is 24.4 Å². The van der Waals surface area contributed by atoms with Gasteiger partial charge in [0.1, 0.15) is 30.1 Å². The zero-order valence-corrected chi connectivity index (χ0v) is 6.99. The first kappa shape index (κ1) is 8.19. The summed E-state index contributed by atoms with van der Waals surface area (Å²) in [6.45, 7) is 0. The number of carboxylic acid groups (broad SMARTS) is 1. The first-order chi connectivity index (χ1) is 6.61. The second kappa shape index (κ2) is 2.26. The topological polar surface area (TPSA) is 93.1 Å². The van der Waals surface area contributed by atoms with Gasteiger partial charge in [-0.2, -0.15) is 0 Å². The third-order valence-corrected chi connectivity index (χ3v) is 3.22. The lowest BCUT2D eigenvalue weighted by molar-refractivity contribution is -0.151. The minimum atomic E-state index is -1.11. The van der Waals surface area contributed by atoms with Gasteiger partial charge >= 0.3 is 11.9 Å². The number of carbonyl (C=O) groups is 2. The summed E-state index contributed by atoms with van der Waals surface area (Å²) in [5.41, 5.74) is 0. The summed E-state index contributed by atoms with van der Waals surface area (Å²) in [6, 6.07) is 0. The van der Waals surface area contributed by atoms with Crippen LogP contribution in [-0.4, -0.2) is 46.6 Å². The Labute approximate surface area is 78.4 Å². The fourth-order valence-electron chi connectivity index (χ4n) is 2.64. The molecule has 3 aliphatic heterocycles. The molecule has 2 bridgehead atoms. The van der Waals surface area contributed by atoms with Crippen LogP contribution in [0.15, 0.2) is 0 Å². The predicted octanol–water partition coefficient (Wildman–Crippen LogP) is -1.63. The summed E-state index contributed by atoms with van der Waals surface area (Å²) in [5, 5.41) is 18.5. The molecule has 0 aromatic carbocycles. The Morgan fingerprint density at radius 3 is 2.64 bits per heavy atom. The Morgan fingerprint density at radius 1 is 1.29 bits per heavy atom. The summed E-state index contributed by atoms with van der Waals surface area (Å²) in [6.07, 6.45) is -3.01. The maximum atomic E-state index is 11.3. The number of ether oxygens (including phenoxy) is 2. The Morgan fingerprint density at radius 2 is 2.00 bits per heavy atom. The van der Waals surface area contributed by atoms with Crippen molar-refractivity contribution in [2.75, 3.05) is 0 Å². The van der Waals surface area contributed by atoms with E-state index < -0.39 is 48.2 Å². The van der Waals surface area contributed by atoms with Crippen molar-refractivity contribution < 1.29 is 29.3 Å². The van der Waals surface area contributed by atoms with Crippen molar-refractivity contribution in [3.8, 4) is 0 Å². The van der Waals surface area contributed by atoms with Gasteiger partial charge in [-0.1, -0.05) is 0 Å². The Hall–Kier alpha value is -1.14. The highest BCUT2D eigenvalue weighted by Crippen LogP contribution is 2.49. The van der Waals surface area contributed by atoms with Gasteiger partial charge in [-0.05, 0) is 0 Å². The van der Waals surface area contributed by atoms with Crippen molar-refractivity contribution in [1.82, 2.24) is 0 Å². The Kier molecular flexibility index (Phi) is 1.32. The molecule has 0 aliphatic carbocycles. The molecule has 0 radical (unpaired) electrons. The molecule has 0 saturated carbocycles. The van der Waals surface area contributed by atoms with E-state index in [2.05, 4.69) is 0 Å². The highest BCUT2D eigenvalue weighted by atomic mass is 16.6. The molecule has 3 aliphatic rings. The number of esters is 1. The van der Waals surface area contributed by atoms with Crippen LogP contribution in [-0.2, 0) is 19.1 Å². The second-order valence-corrected chi connectivity index (χ2v) is 3.85. The fraction of sp³-hybridized carbons (Fsp3) is 0.750. The Bertz CT molecular complexity index is 326. The van der Waals surface area contributed by atoms with E-state index in [1.54, 1.807) is 0 Å². The monoisotopic (exact) mass is 200 g/mol. The SMILES string of the molecule is O=C(O)[C@@H]1[C@H]2O[C@@H]3[C@@H](OC(=O)[C@@H]31)[C@@H]2O. The van der Waals surface area contributed by atoms with Crippen LogP contribution < -0.4 is 0 Å². The minimum Gasteiger partial charge on any atom is -0.481 e.